The average Bonchev–Trinajstić information content (AvgIpc) is 3.15. The molecule has 0 radical (unpaired) electrons. The summed E-state index contributed by atoms with van der Waals surface area (Å²) in [5.74, 6) is 0.858. The third-order valence-electron chi connectivity index (χ3n) is 5.11. The van der Waals surface area contributed by atoms with Crippen molar-refractivity contribution in [1.82, 2.24) is 15.1 Å². The second-order valence-corrected chi connectivity index (χ2v) is 7.01. The van der Waals surface area contributed by atoms with Crippen molar-refractivity contribution < 1.29 is 9.53 Å². The van der Waals surface area contributed by atoms with Gasteiger partial charge in [-0.25, -0.2) is 4.79 Å². The van der Waals surface area contributed by atoms with Gasteiger partial charge in [0.25, 0.3) is 0 Å². The number of carbonyl (C=O) groups excluding carboxylic acids is 1. The summed E-state index contributed by atoms with van der Waals surface area (Å²) in [5.41, 5.74) is 1.08. The zero-order valence-electron chi connectivity index (χ0n) is 16.1. The summed E-state index contributed by atoms with van der Waals surface area (Å²) in [6.45, 7) is 6.30. The van der Waals surface area contributed by atoms with Crippen LogP contribution < -0.4 is 10.1 Å². The van der Waals surface area contributed by atoms with Gasteiger partial charge in [-0.05, 0) is 51.4 Å². The summed E-state index contributed by atoms with van der Waals surface area (Å²) in [6, 6.07) is 8.54. The fraction of sp³-hybridized carbons (Fsp3) is 0.650. The molecule has 140 valence electrons. The predicted octanol–water partition coefficient (Wildman–Crippen LogP) is 3.66. The highest BCUT2D eigenvalue weighted by molar-refractivity contribution is 5.74. The number of amides is 2. The van der Waals surface area contributed by atoms with Crippen LogP contribution in [-0.4, -0.2) is 55.7 Å². The smallest absolute Gasteiger partial charge is 0.317 e. The third-order valence-corrected chi connectivity index (χ3v) is 5.11. The predicted molar refractivity (Wildman–Crippen MR) is 102 cm³/mol. The summed E-state index contributed by atoms with van der Waals surface area (Å²) < 4.78 is 5.46. The van der Waals surface area contributed by atoms with E-state index in [0.29, 0.717) is 12.6 Å². The Bertz CT molecular complexity index is 526. The van der Waals surface area contributed by atoms with Gasteiger partial charge >= 0.3 is 6.03 Å². The van der Waals surface area contributed by atoms with E-state index in [2.05, 4.69) is 17.3 Å². The molecule has 5 heteroatoms. The molecular formula is C20H33N3O2. The first-order chi connectivity index (χ1) is 12.0. The van der Waals surface area contributed by atoms with E-state index in [4.69, 9.17) is 4.74 Å². The topological polar surface area (TPSA) is 44.8 Å². The maximum absolute atomic E-state index is 12.4. The van der Waals surface area contributed by atoms with Crippen LogP contribution in [0.4, 0.5) is 4.79 Å². The lowest BCUT2D eigenvalue weighted by Crippen LogP contribution is -2.43. The molecule has 1 aromatic rings. The summed E-state index contributed by atoms with van der Waals surface area (Å²) in [7, 11) is 4.03. The minimum absolute atomic E-state index is 0.0267. The lowest BCUT2D eigenvalue weighted by Gasteiger charge is -2.27. The van der Waals surface area contributed by atoms with Crippen molar-refractivity contribution in [1.29, 1.82) is 0 Å². The van der Waals surface area contributed by atoms with Gasteiger partial charge in [-0.1, -0.05) is 25.0 Å². The molecule has 0 aliphatic heterocycles. The zero-order chi connectivity index (χ0) is 18.2. The third kappa shape index (κ3) is 5.92. The zero-order valence-corrected chi connectivity index (χ0v) is 16.1. The van der Waals surface area contributed by atoms with Crippen LogP contribution in [0.2, 0.25) is 0 Å². The highest BCUT2D eigenvalue weighted by atomic mass is 16.5. The Morgan fingerprint density at radius 1 is 1.20 bits per heavy atom. The first-order valence-corrected chi connectivity index (χ1v) is 9.46. The molecule has 2 amide bonds. The molecule has 0 bridgehead atoms. The average molecular weight is 348 g/mol. The number of nitrogens with one attached hydrogen (secondary N) is 1. The Morgan fingerprint density at radius 2 is 1.84 bits per heavy atom. The molecule has 0 saturated heterocycles. The molecule has 1 aromatic carbocycles. The number of benzene rings is 1. The van der Waals surface area contributed by atoms with Crippen LogP contribution in [0.1, 0.15) is 51.1 Å². The van der Waals surface area contributed by atoms with Crippen LogP contribution in [0.25, 0.3) is 0 Å². The second kappa shape index (κ2) is 9.66. The van der Waals surface area contributed by atoms with Crippen LogP contribution in [0, 0.1) is 0 Å². The SMILES string of the molecule is CCOc1ccc(C(C)NC(=O)N(C)CCN(C)C2CCCC2)cc1. The summed E-state index contributed by atoms with van der Waals surface area (Å²) in [6.07, 6.45) is 5.26. The van der Waals surface area contributed by atoms with Gasteiger partial charge in [-0.15, -0.1) is 0 Å². The lowest BCUT2D eigenvalue weighted by molar-refractivity contribution is 0.186. The quantitative estimate of drug-likeness (QED) is 0.780. The summed E-state index contributed by atoms with van der Waals surface area (Å²) in [4.78, 5) is 16.6. The number of carbonyl (C=O) groups is 1. The Balaban J connectivity index is 1.77. The minimum Gasteiger partial charge on any atom is -0.494 e. The van der Waals surface area contributed by atoms with Crippen LogP contribution in [0.5, 0.6) is 5.75 Å². The molecule has 1 aliphatic rings. The molecule has 2 rings (SSSR count). The van der Waals surface area contributed by atoms with Gasteiger partial charge in [0.05, 0.1) is 12.6 Å². The van der Waals surface area contributed by atoms with Gasteiger partial charge in [-0.3, -0.25) is 0 Å². The molecule has 5 nitrogen and oxygen atoms in total. The fourth-order valence-corrected chi connectivity index (χ4v) is 3.34. The van der Waals surface area contributed by atoms with E-state index in [0.717, 1.165) is 24.4 Å². The molecule has 1 N–H and O–H groups in total. The Hall–Kier alpha value is -1.75. The van der Waals surface area contributed by atoms with Gasteiger partial charge in [-0.2, -0.15) is 0 Å². The number of ether oxygens (including phenoxy) is 1. The van der Waals surface area contributed by atoms with Crippen molar-refractivity contribution in [3.63, 3.8) is 0 Å². The summed E-state index contributed by atoms with van der Waals surface area (Å²) >= 11 is 0. The van der Waals surface area contributed by atoms with E-state index in [1.165, 1.54) is 25.7 Å². The van der Waals surface area contributed by atoms with Crippen molar-refractivity contribution in [2.24, 2.45) is 0 Å². The first kappa shape index (κ1) is 19.6. The number of rotatable bonds is 8. The van der Waals surface area contributed by atoms with E-state index in [9.17, 15) is 4.79 Å². The van der Waals surface area contributed by atoms with Crippen LogP contribution >= 0.6 is 0 Å². The number of likely N-dealkylation sites (N-methyl/N-ethyl adjacent to an activating group) is 2. The van der Waals surface area contributed by atoms with E-state index in [1.54, 1.807) is 4.90 Å². The number of hydrogen-bond donors (Lipinski definition) is 1. The monoisotopic (exact) mass is 347 g/mol. The minimum atomic E-state index is -0.0295. The molecule has 0 spiro atoms. The van der Waals surface area contributed by atoms with E-state index >= 15 is 0 Å². The van der Waals surface area contributed by atoms with Crippen molar-refractivity contribution in [2.75, 3.05) is 33.8 Å². The normalized spacial score (nSPS) is 16.0. The Labute approximate surface area is 152 Å². The fourth-order valence-electron chi connectivity index (χ4n) is 3.34. The molecule has 1 saturated carbocycles. The van der Waals surface area contributed by atoms with Crippen molar-refractivity contribution in [3.05, 3.63) is 29.8 Å². The highest BCUT2D eigenvalue weighted by Crippen LogP contribution is 2.22. The lowest BCUT2D eigenvalue weighted by atomic mass is 10.1. The molecule has 1 aliphatic carbocycles. The summed E-state index contributed by atoms with van der Waals surface area (Å²) in [5, 5.41) is 3.07. The van der Waals surface area contributed by atoms with Gasteiger partial charge in [0.1, 0.15) is 5.75 Å². The van der Waals surface area contributed by atoms with Gasteiger partial charge < -0.3 is 19.9 Å². The standard InChI is InChI=1S/C20H33N3O2/c1-5-25-19-12-10-17(11-13-19)16(2)21-20(24)23(4)15-14-22(3)18-8-6-7-9-18/h10-13,16,18H,5-9,14-15H2,1-4H3,(H,21,24). The Kier molecular flexibility index (Phi) is 7.56. The maximum Gasteiger partial charge on any atom is 0.317 e. The van der Waals surface area contributed by atoms with E-state index in [-0.39, 0.29) is 12.1 Å². The van der Waals surface area contributed by atoms with Crippen LogP contribution in [0.3, 0.4) is 0 Å². The largest absolute Gasteiger partial charge is 0.494 e. The second-order valence-electron chi connectivity index (χ2n) is 7.01. The molecule has 0 aromatic heterocycles. The van der Waals surface area contributed by atoms with Gasteiger partial charge in [0.2, 0.25) is 0 Å². The van der Waals surface area contributed by atoms with Crippen LogP contribution in [-0.2, 0) is 0 Å². The van der Waals surface area contributed by atoms with Gasteiger partial charge in [0.15, 0.2) is 0 Å². The number of nitrogens with zero attached hydrogens (tertiary/aromatic N) is 2. The molecule has 1 unspecified atom stereocenters. The van der Waals surface area contributed by atoms with Crippen LogP contribution in [0.15, 0.2) is 24.3 Å². The molecule has 25 heavy (non-hydrogen) atoms. The first-order valence-electron chi connectivity index (χ1n) is 9.46. The van der Waals surface area contributed by atoms with Crippen molar-refractivity contribution in [3.8, 4) is 5.75 Å². The number of urea groups is 1. The van der Waals surface area contributed by atoms with Crippen molar-refractivity contribution >= 4 is 6.03 Å². The van der Waals surface area contributed by atoms with E-state index < -0.39 is 0 Å². The molecule has 1 fully saturated rings. The van der Waals surface area contributed by atoms with Crippen molar-refractivity contribution in [2.45, 2.75) is 51.6 Å². The molecule has 1 atom stereocenters. The number of hydrogen-bond acceptors (Lipinski definition) is 3. The highest BCUT2D eigenvalue weighted by Gasteiger charge is 2.20. The van der Waals surface area contributed by atoms with E-state index in [1.807, 2.05) is 45.2 Å². The Morgan fingerprint density at radius 3 is 2.44 bits per heavy atom. The maximum atomic E-state index is 12.4. The molecule has 0 heterocycles. The molecular weight excluding hydrogens is 314 g/mol. The van der Waals surface area contributed by atoms with Gasteiger partial charge in [0, 0.05) is 26.2 Å².